The number of rotatable bonds is 7. The SMILES string of the molecule is COc1ccc(C(=O)COC(=O)CN2C(=O)N[C@](C)(C3CC3)C2=O)cc1F. The summed E-state index contributed by atoms with van der Waals surface area (Å²) < 4.78 is 23.2. The summed E-state index contributed by atoms with van der Waals surface area (Å²) in [6.07, 6.45) is 1.68. The van der Waals surface area contributed by atoms with Crippen molar-refractivity contribution in [3.05, 3.63) is 29.6 Å². The molecule has 1 aromatic carbocycles. The standard InChI is InChI=1S/C18H19FN2O6/c1-18(11-4-5-11)16(24)21(17(25)20-18)8-15(23)27-9-13(22)10-3-6-14(26-2)12(19)7-10/h3,6-7,11H,4-5,8-9H2,1-2H3,(H,20,25)/t18-/m1/s1. The summed E-state index contributed by atoms with van der Waals surface area (Å²) in [4.78, 5) is 49.2. The molecule has 1 aromatic rings. The lowest BCUT2D eigenvalue weighted by Gasteiger charge is -2.20. The molecule has 1 aliphatic heterocycles. The van der Waals surface area contributed by atoms with E-state index in [9.17, 15) is 23.6 Å². The molecule has 1 heterocycles. The van der Waals surface area contributed by atoms with Gasteiger partial charge in [-0.15, -0.1) is 0 Å². The van der Waals surface area contributed by atoms with E-state index in [2.05, 4.69) is 5.32 Å². The lowest BCUT2D eigenvalue weighted by molar-refractivity contribution is -0.146. The number of methoxy groups -OCH3 is 1. The Morgan fingerprint density at radius 2 is 2.04 bits per heavy atom. The highest BCUT2D eigenvalue weighted by Crippen LogP contribution is 2.42. The van der Waals surface area contributed by atoms with Crippen LogP contribution in [0.1, 0.15) is 30.1 Å². The van der Waals surface area contributed by atoms with Gasteiger partial charge in [-0.1, -0.05) is 0 Å². The molecular weight excluding hydrogens is 359 g/mol. The summed E-state index contributed by atoms with van der Waals surface area (Å²) in [6, 6.07) is 2.95. The van der Waals surface area contributed by atoms with E-state index >= 15 is 0 Å². The molecular formula is C18H19FN2O6. The first-order valence-electron chi connectivity index (χ1n) is 8.42. The van der Waals surface area contributed by atoms with E-state index in [1.165, 1.54) is 19.2 Å². The van der Waals surface area contributed by atoms with Gasteiger partial charge in [0.1, 0.15) is 12.1 Å². The van der Waals surface area contributed by atoms with Crippen molar-refractivity contribution >= 4 is 23.7 Å². The summed E-state index contributed by atoms with van der Waals surface area (Å²) >= 11 is 0. The van der Waals surface area contributed by atoms with Gasteiger partial charge in [0, 0.05) is 5.56 Å². The number of halogens is 1. The number of amides is 3. The highest BCUT2D eigenvalue weighted by Gasteiger charge is 2.56. The lowest BCUT2D eigenvalue weighted by atomic mass is 9.96. The molecule has 3 rings (SSSR count). The maximum absolute atomic E-state index is 13.6. The number of nitrogens with one attached hydrogen (secondary N) is 1. The molecule has 2 aliphatic rings. The Kier molecular flexibility index (Phi) is 4.86. The van der Waals surface area contributed by atoms with Gasteiger partial charge in [0.05, 0.1) is 7.11 Å². The van der Waals surface area contributed by atoms with Crippen LogP contribution in [0.4, 0.5) is 9.18 Å². The number of ketones is 1. The third kappa shape index (κ3) is 3.62. The molecule has 0 bridgehead atoms. The second-order valence-electron chi connectivity index (χ2n) is 6.73. The zero-order chi connectivity index (χ0) is 19.8. The van der Waals surface area contributed by atoms with E-state index < -0.39 is 48.2 Å². The van der Waals surface area contributed by atoms with E-state index in [0.717, 1.165) is 23.8 Å². The Bertz CT molecular complexity index is 822. The maximum Gasteiger partial charge on any atom is 0.326 e. The highest BCUT2D eigenvalue weighted by molar-refractivity contribution is 6.09. The van der Waals surface area contributed by atoms with Gasteiger partial charge in [0.15, 0.2) is 24.0 Å². The van der Waals surface area contributed by atoms with E-state index in [4.69, 9.17) is 9.47 Å². The van der Waals surface area contributed by atoms with Crippen molar-refractivity contribution in [3.8, 4) is 5.75 Å². The van der Waals surface area contributed by atoms with Gasteiger partial charge in [-0.25, -0.2) is 9.18 Å². The minimum Gasteiger partial charge on any atom is -0.494 e. The molecule has 0 unspecified atom stereocenters. The van der Waals surface area contributed by atoms with Crippen LogP contribution in [0.25, 0.3) is 0 Å². The minimum absolute atomic E-state index is 0.0115. The Hall–Kier alpha value is -2.97. The zero-order valence-electron chi connectivity index (χ0n) is 14.9. The topological polar surface area (TPSA) is 102 Å². The first-order valence-corrected chi connectivity index (χ1v) is 8.42. The van der Waals surface area contributed by atoms with Gasteiger partial charge in [-0.3, -0.25) is 19.3 Å². The van der Waals surface area contributed by atoms with Crippen molar-refractivity contribution in [1.29, 1.82) is 0 Å². The smallest absolute Gasteiger partial charge is 0.326 e. The van der Waals surface area contributed by atoms with Gasteiger partial charge < -0.3 is 14.8 Å². The third-order valence-electron chi connectivity index (χ3n) is 4.82. The fraction of sp³-hybridized carbons (Fsp3) is 0.444. The minimum atomic E-state index is -0.992. The average molecular weight is 378 g/mol. The van der Waals surface area contributed by atoms with E-state index in [-0.39, 0.29) is 17.2 Å². The van der Waals surface area contributed by atoms with Crippen LogP contribution in [-0.2, 0) is 14.3 Å². The van der Waals surface area contributed by atoms with Gasteiger partial charge in [-0.05, 0) is 43.9 Å². The molecule has 144 valence electrons. The number of urea groups is 1. The molecule has 1 saturated carbocycles. The molecule has 1 N–H and O–H groups in total. The Labute approximate surface area is 154 Å². The highest BCUT2D eigenvalue weighted by atomic mass is 19.1. The predicted octanol–water partition coefficient (Wildman–Crippen LogP) is 1.28. The molecule has 1 atom stereocenters. The van der Waals surface area contributed by atoms with Crippen LogP contribution in [0.2, 0.25) is 0 Å². The Morgan fingerprint density at radius 1 is 1.33 bits per heavy atom. The van der Waals surface area contributed by atoms with Crippen molar-refractivity contribution in [2.24, 2.45) is 5.92 Å². The van der Waals surface area contributed by atoms with Crippen molar-refractivity contribution in [2.75, 3.05) is 20.3 Å². The summed E-state index contributed by atoms with van der Waals surface area (Å²) in [6.45, 7) is 0.420. The van der Waals surface area contributed by atoms with Gasteiger partial charge in [0.2, 0.25) is 0 Å². The van der Waals surface area contributed by atoms with Gasteiger partial charge in [-0.2, -0.15) is 0 Å². The molecule has 0 aromatic heterocycles. The number of ether oxygens (including phenoxy) is 2. The van der Waals surface area contributed by atoms with Crippen molar-refractivity contribution < 1.29 is 33.0 Å². The number of carbonyl (C=O) groups is 4. The fourth-order valence-corrected chi connectivity index (χ4v) is 3.04. The van der Waals surface area contributed by atoms with Crippen LogP contribution >= 0.6 is 0 Å². The van der Waals surface area contributed by atoms with Crippen LogP contribution in [-0.4, -0.2) is 54.4 Å². The van der Waals surface area contributed by atoms with Crippen LogP contribution in [0.15, 0.2) is 18.2 Å². The number of Topliss-reactive ketones (excluding diaryl/α,β-unsaturated/α-hetero) is 1. The Balaban J connectivity index is 1.55. The summed E-state index contributed by atoms with van der Waals surface area (Å²) in [5, 5.41) is 2.61. The molecule has 1 aliphatic carbocycles. The van der Waals surface area contributed by atoms with Gasteiger partial charge in [0.25, 0.3) is 5.91 Å². The van der Waals surface area contributed by atoms with E-state index in [1.54, 1.807) is 6.92 Å². The number of carbonyl (C=O) groups excluding carboxylic acids is 4. The van der Waals surface area contributed by atoms with Gasteiger partial charge >= 0.3 is 12.0 Å². The number of benzene rings is 1. The lowest BCUT2D eigenvalue weighted by Crippen LogP contribution is -2.46. The third-order valence-corrected chi connectivity index (χ3v) is 4.82. The normalized spacial score (nSPS) is 21.8. The summed E-state index contributed by atoms with van der Waals surface area (Å²) in [5.74, 6) is -2.66. The maximum atomic E-state index is 13.6. The van der Waals surface area contributed by atoms with Crippen LogP contribution in [0.5, 0.6) is 5.75 Å². The molecule has 3 amide bonds. The molecule has 9 heteroatoms. The summed E-state index contributed by atoms with van der Waals surface area (Å²) in [5.41, 5.74) is -0.981. The molecule has 8 nitrogen and oxygen atoms in total. The number of imide groups is 1. The number of hydrogen-bond acceptors (Lipinski definition) is 6. The number of hydrogen-bond donors (Lipinski definition) is 1. The number of nitrogens with zero attached hydrogens (tertiary/aromatic N) is 1. The van der Waals surface area contributed by atoms with Crippen molar-refractivity contribution in [2.45, 2.75) is 25.3 Å². The molecule has 0 radical (unpaired) electrons. The predicted molar refractivity (Wildman–Crippen MR) is 89.6 cm³/mol. The zero-order valence-corrected chi connectivity index (χ0v) is 14.9. The second-order valence-corrected chi connectivity index (χ2v) is 6.73. The largest absolute Gasteiger partial charge is 0.494 e. The summed E-state index contributed by atoms with van der Waals surface area (Å²) in [7, 11) is 1.30. The van der Waals surface area contributed by atoms with Crippen LogP contribution in [0, 0.1) is 11.7 Å². The number of esters is 1. The molecule has 1 saturated heterocycles. The second kappa shape index (κ2) is 6.98. The average Bonchev–Trinajstić information content (AvgIpc) is 3.46. The van der Waals surface area contributed by atoms with E-state index in [0.29, 0.717) is 0 Å². The molecule has 27 heavy (non-hydrogen) atoms. The quantitative estimate of drug-likeness (QED) is 0.436. The first-order chi connectivity index (χ1) is 12.8. The molecule has 0 spiro atoms. The van der Waals surface area contributed by atoms with Crippen LogP contribution < -0.4 is 10.1 Å². The van der Waals surface area contributed by atoms with E-state index in [1.807, 2.05) is 0 Å². The van der Waals surface area contributed by atoms with Crippen molar-refractivity contribution in [1.82, 2.24) is 10.2 Å². The monoisotopic (exact) mass is 378 g/mol. The first kappa shape index (κ1) is 18.8. The Morgan fingerprint density at radius 3 is 2.63 bits per heavy atom. The molecule has 2 fully saturated rings. The van der Waals surface area contributed by atoms with Crippen LogP contribution in [0.3, 0.4) is 0 Å². The van der Waals surface area contributed by atoms with Crippen molar-refractivity contribution in [3.63, 3.8) is 0 Å². The fourth-order valence-electron chi connectivity index (χ4n) is 3.04.